The molecule has 0 aliphatic rings. The highest BCUT2D eigenvalue weighted by atomic mass is 35.5. The summed E-state index contributed by atoms with van der Waals surface area (Å²) in [6.45, 7) is 5.85. The van der Waals surface area contributed by atoms with Crippen LogP contribution in [0.25, 0.3) is 0 Å². The molecule has 0 fully saturated rings. The Morgan fingerprint density at radius 2 is 1.94 bits per heavy atom. The third kappa shape index (κ3) is 3.35. The van der Waals surface area contributed by atoms with Gasteiger partial charge in [0.2, 0.25) is 0 Å². The molecule has 0 saturated carbocycles. The summed E-state index contributed by atoms with van der Waals surface area (Å²) >= 11 is 5.94. The maximum absolute atomic E-state index is 10.1. The first-order valence-electron chi connectivity index (χ1n) is 5.54. The average Bonchev–Trinajstić information content (AvgIpc) is 2.26. The fourth-order valence-corrected chi connectivity index (χ4v) is 1.80. The van der Waals surface area contributed by atoms with Crippen molar-refractivity contribution in [1.82, 2.24) is 0 Å². The van der Waals surface area contributed by atoms with Gasteiger partial charge >= 0.3 is 0 Å². The van der Waals surface area contributed by atoms with E-state index >= 15 is 0 Å². The second kappa shape index (κ2) is 5.25. The Morgan fingerprint density at radius 1 is 1.35 bits per heavy atom. The lowest BCUT2D eigenvalue weighted by Crippen LogP contribution is -2.36. The third-order valence-electron chi connectivity index (χ3n) is 2.79. The molecule has 0 aliphatic carbocycles. The van der Waals surface area contributed by atoms with Crippen molar-refractivity contribution < 1.29 is 9.84 Å². The second-order valence-corrected chi connectivity index (χ2v) is 5.64. The van der Waals surface area contributed by atoms with E-state index in [-0.39, 0.29) is 5.41 Å². The number of nitrogens with two attached hydrogens (primary N) is 1. The molecule has 3 N–H and O–H groups in total. The van der Waals surface area contributed by atoms with Gasteiger partial charge in [-0.2, -0.15) is 0 Å². The van der Waals surface area contributed by atoms with E-state index in [0.717, 1.165) is 5.56 Å². The zero-order chi connectivity index (χ0) is 13.2. The quantitative estimate of drug-likeness (QED) is 0.876. The maximum Gasteiger partial charge on any atom is 0.137 e. The number of ether oxygens (including phenoxy) is 1. The van der Waals surface area contributed by atoms with Gasteiger partial charge in [0.05, 0.1) is 24.3 Å². The first-order chi connectivity index (χ1) is 7.77. The minimum absolute atomic E-state index is 0.272. The summed E-state index contributed by atoms with van der Waals surface area (Å²) in [7, 11) is 1.55. The molecule has 0 heterocycles. The summed E-state index contributed by atoms with van der Waals surface area (Å²) in [5, 5.41) is 10.7. The van der Waals surface area contributed by atoms with Crippen LogP contribution in [0.5, 0.6) is 5.75 Å². The number of hydrogen-bond acceptors (Lipinski definition) is 3. The smallest absolute Gasteiger partial charge is 0.137 e. The summed E-state index contributed by atoms with van der Waals surface area (Å²) in [6.07, 6.45) is -0.631. The van der Waals surface area contributed by atoms with Crippen LogP contribution in [0.2, 0.25) is 5.02 Å². The van der Waals surface area contributed by atoms with Crippen LogP contribution >= 0.6 is 11.6 Å². The summed E-state index contributed by atoms with van der Waals surface area (Å²) in [5.41, 5.74) is 6.59. The number of hydrogen-bond donors (Lipinski definition) is 2. The molecule has 0 aromatic heterocycles. The van der Waals surface area contributed by atoms with E-state index in [1.165, 1.54) is 0 Å². The van der Waals surface area contributed by atoms with Crippen LogP contribution in [-0.2, 0) is 0 Å². The molecular formula is C13H20ClNO2. The van der Waals surface area contributed by atoms with E-state index < -0.39 is 12.1 Å². The molecule has 17 heavy (non-hydrogen) atoms. The first kappa shape index (κ1) is 14.3. The van der Waals surface area contributed by atoms with E-state index in [9.17, 15) is 5.11 Å². The van der Waals surface area contributed by atoms with E-state index in [1.807, 2.05) is 26.8 Å². The van der Waals surface area contributed by atoms with Gasteiger partial charge in [-0.15, -0.1) is 0 Å². The average molecular weight is 258 g/mol. The SMILES string of the molecule is COc1cc([C@H](N)[C@H](O)C(C)(C)C)ccc1Cl. The highest BCUT2D eigenvalue weighted by Gasteiger charge is 2.29. The lowest BCUT2D eigenvalue weighted by Gasteiger charge is -2.31. The van der Waals surface area contributed by atoms with Crippen molar-refractivity contribution in [3.8, 4) is 5.75 Å². The summed E-state index contributed by atoms with van der Waals surface area (Å²) in [4.78, 5) is 0. The van der Waals surface area contributed by atoms with Crippen LogP contribution in [0.15, 0.2) is 18.2 Å². The van der Waals surface area contributed by atoms with Crippen LogP contribution in [-0.4, -0.2) is 18.3 Å². The van der Waals surface area contributed by atoms with Crippen molar-refractivity contribution in [3.63, 3.8) is 0 Å². The minimum Gasteiger partial charge on any atom is -0.495 e. The molecule has 0 spiro atoms. The molecule has 0 saturated heterocycles. The molecule has 0 unspecified atom stereocenters. The molecule has 3 nitrogen and oxygen atoms in total. The van der Waals surface area contributed by atoms with Gasteiger partial charge in [-0.1, -0.05) is 38.4 Å². The minimum atomic E-state index is -0.631. The molecular weight excluding hydrogens is 238 g/mol. The van der Waals surface area contributed by atoms with Crippen molar-refractivity contribution in [2.75, 3.05) is 7.11 Å². The van der Waals surface area contributed by atoms with Crippen LogP contribution in [0.4, 0.5) is 0 Å². The first-order valence-corrected chi connectivity index (χ1v) is 5.92. The highest BCUT2D eigenvalue weighted by molar-refractivity contribution is 6.32. The summed E-state index contributed by atoms with van der Waals surface area (Å²) in [6, 6.07) is 4.85. The molecule has 2 atom stereocenters. The summed E-state index contributed by atoms with van der Waals surface area (Å²) < 4.78 is 5.13. The van der Waals surface area contributed by atoms with Crippen molar-refractivity contribution in [2.24, 2.45) is 11.1 Å². The largest absolute Gasteiger partial charge is 0.495 e. The summed E-state index contributed by atoms with van der Waals surface area (Å²) in [5.74, 6) is 0.570. The van der Waals surface area contributed by atoms with Gasteiger partial charge < -0.3 is 15.6 Å². The van der Waals surface area contributed by atoms with Crippen LogP contribution in [0, 0.1) is 5.41 Å². The molecule has 1 aromatic rings. The zero-order valence-electron chi connectivity index (χ0n) is 10.7. The lowest BCUT2D eigenvalue weighted by atomic mass is 9.82. The topological polar surface area (TPSA) is 55.5 Å². The predicted octanol–water partition coefficient (Wildman–Crippen LogP) is 2.76. The molecule has 0 bridgehead atoms. The van der Waals surface area contributed by atoms with Gasteiger partial charge in [-0.3, -0.25) is 0 Å². The van der Waals surface area contributed by atoms with Crippen LogP contribution in [0.3, 0.4) is 0 Å². The van der Waals surface area contributed by atoms with E-state index in [1.54, 1.807) is 19.2 Å². The number of aliphatic hydroxyl groups excluding tert-OH is 1. The Hall–Kier alpha value is -0.770. The lowest BCUT2D eigenvalue weighted by molar-refractivity contribution is 0.0400. The number of benzene rings is 1. The molecule has 0 aliphatic heterocycles. The van der Waals surface area contributed by atoms with Gasteiger partial charge in [0.15, 0.2) is 0 Å². The number of aliphatic hydroxyl groups is 1. The molecule has 0 amide bonds. The Morgan fingerprint density at radius 3 is 2.41 bits per heavy atom. The van der Waals surface area contributed by atoms with Crippen molar-refractivity contribution in [2.45, 2.75) is 32.9 Å². The van der Waals surface area contributed by atoms with Crippen molar-refractivity contribution in [1.29, 1.82) is 0 Å². The highest BCUT2D eigenvalue weighted by Crippen LogP contribution is 2.32. The number of methoxy groups -OCH3 is 1. The molecule has 1 rings (SSSR count). The normalized spacial score (nSPS) is 15.5. The zero-order valence-corrected chi connectivity index (χ0v) is 11.5. The van der Waals surface area contributed by atoms with Crippen LogP contribution < -0.4 is 10.5 Å². The van der Waals surface area contributed by atoms with E-state index in [4.69, 9.17) is 22.1 Å². The Kier molecular flexibility index (Phi) is 4.42. The van der Waals surface area contributed by atoms with E-state index in [2.05, 4.69) is 0 Å². The molecule has 4 heteroatoms. The van der Waals surface area contributed by atoms with Gasteiger partial charge in [-0.25, -0.2) is 0 Å². The van der Waals surface area contributed by atoms with Gasteiger partial charge in [0.25, 0.3) is 0 Å². The van der Waals surface area contributed by atoms with Crippen molar-refractivity contribution in [3.05, 3.63) is 28.8 Å². The second-order valence-electron chi connectivity index (χ2n) is 5.23. The van der Waals surface area contributed by atoms with Gasteiger partial charge in [-0.05, 0) is 23.1 Å². The van der Waals surface area contributed by atoms with Crippen LogP contribution in [0.1, 0.15) is 32.4 Å². The standard InChI is InChI=1S/C13H20ClNO2/c1-13(2,3)12(16)11(15)8-5-6-9(14)10(7-8)17-4/h5-7,11-12,16H,15H2,1-4H3/t11-,12-/m0/s1. The Balaban J connectivity index is 3.00. The third-order valence-corrected chi connectivity index (χ3v) is 3.10. The Labute approximate surface area is 108 Å². The molecule has 96 valence electrons. The fraction of sp³-hybridized carbons (Fsp3) is 0.538. The molecule has 1 aromatic carbocycles. The monoisotopic (exact) mass is 257 g/mol. The van der Waals surface area contributed by atoms with Gasteiger partial charge in [0.1, 0.15) is 5.75 Å². The predicted molar refractivity (Wildman–Crippen MR) is 70.4 cm³/mol. The Bertz CT molecular complexity index is 387. The van der Waals surface area contributed by atoms with Gasteiger partial charge in [0, 0.05) is 0 Å². The maximum atomic E-state index is 10.1. The number of halogens is 1. The van der Waals surface area contributed by atoms with E-state index in [0.29, 0.717) is 10.8 Å². The number of rotatable bonds is 3. The fourth-order valence-electron chi connectivity index (χ4n) is 1.60. The van der Waals surface area contributed by atoms with Crippen molar-refractivity contribution >= 4 is 11.6 Å². The molecule has 0 radical (unpaired) electrons.